The molecule has 0 atom stereocenters. The molecule has 0 saturated heterocycles. The van der Waals surface area contributed by atoms with Gasteiger partial charge in [-0.3, -0.25) is 0 Å². The average molecular weight is 155 g/mol. The zero-order valence-electron chi connectivity index (χ0n) is 7.61. The van der Waals surface area contributed by atoms with Gasteiger partial charge in [0.05, 0.1) is 12.4 Å². The van der Waals surface area contributed by atoms with Crippen molar-refractivity contribution >= 4 is 0 Å². The third kappa shape index (κ3) is 5.52. The molecule has 0 amide bonds. The van der Waals surface area contributed by atoms with Crippen molar-refractivity contribution in [3.63, 3.8) is 0 Å². The van der Waals surface area contributed by atoms with Crippen molar-refractivity contribution in [2.75, 3.05) is 13.2 Å². The van der Waals surface area contributed by atoms with E-state index in [-0.39, 0.29) is 0 Å². The lowest BCUT2D eigenvalue weighted by Crippen LogP contribution is -2.09. The van der Waals surface area contributed by atoms with Gasteiger partial charge in [0.2, 0.25) is 0 Å². The zero-order valence-corrected chi connectivity index (χ0v) is 7.61. The highest BCUT2D eigenvalue weighted by Gasteiger charge is 1.88. The Labute approximate surface area is 68.9 Å². The number of likely N-dealkylation sites (N-methyl/N-ethyl adjacent to an activating group) is 1. The maximum atomic E-state index is 5.22. The minimum atomic E-state index is 0.710. The number of nitrogens with one attached hydrogen (secondary N) is 1. The molecule has 2 heteroatoms. The van der Waals surface area contributed by atoms with Crippen molar-refractivity contribution in [3.8, 4) is 0 Å². The van der Waals surface area contributed by atoms with Crippen LogP contribution in [0.25, 0.3) is 0 Å². The van der Waals surface area contributed by atoms with Gasteiger partial charge in [-0.25, -0.2) is 0 Å². The minimum Gasteiger partial charge on any atom is -0.498 e. The molecule has 0 aliphatic heterocycles. The lowest BCUT2D eigenvalue weighted by Gasteiger charge is -2.05. The van der Waals surface area contributed by atoms with Gasteiger partial charge in [0.25, 0.3) is 0 Å². The van der Waals surface area contributed by atoms with Gasteiger partial charge in [0.15, 0.2) is 0 Å². The molecular weight excluding hydrogens is 138 g/mol. The molecule has 0 aromatic carbocycles. The highest BCUT2D eigenvalue weighted by molar-refractivity contribution is 5.14. The van der Waals surface area contributed by atoms with E-state index in [1.54, 1.807) is 0 Å². The third-order valence-corrected chi connectivity index (χ3v) is 1.15. The molecule has 1 N–H and O–H groups in total. The van der Waals surface area contributed by atoms with Crippen LogP contribution >= 0.6 is 0 Å². The molecule has 0 unspecified atom stereocenters. The summed E-state index contributed by atoms with van der Waals surface area (Å²) in [5, 5.41) is 3.08. The van der Waals surface area contributed by atoms with Gasteiger partial charge in [-0.2, -0.15) is 0 Å². The Morgan fingerprint density at radius 3 is 2.64 bits per heavy atom. The number of ether oxygens (including phenoxy) is 1. The van der Waals surface area contributed by atoms with E-state index in [1.165, 1.54) is 0 Å². The number of allylic oxidation sites excluding steroid dienone is 2. The fourth-order valence-electron chi connectivity index (χ4n) is 0.793. The Balaban J connectivity index is 3.76. The molecule has 2 nitrogen and oxygen atoms in total. The molecule has 11 heavy (non-hydrogen) atoms. The first-order valence-electron chi connectivity index (χ1n) is 3.94. The summed E-state index contributed by atoms with van der Waals surface area (Å²) in [5.74, 6) is 0.901. The summed E-state index contributed by atoms with van der Waals surface area (Å²) in [4.78, 5) is 0. The first kappa shape index (κ1) is 10.1. The molecule has 0 aliphatic carbocycles. The van der Waals surface area contributed by atoms with Gasteiger partial charge in [-0.05, 0) is 26.8 Å². The van der Waals surface area contributed by atoms with Gasteiger partial charge in [-0.15, -0.1) is 0 Å². The Hall–Kier alpha value is -0.920. The smallest absolute Gasteiger partial charge is 0.0949 e. The summed E-state index contributed by atoms with van der Waals surface area (Å²) < 4.78 is 5.22. The predicted octanol–water partition coefficient (Wildman–Crippen LogP) is 2.05. The van der Waals surface area contributed by atoms with Crippen molar-refractivity contribution in [2.45, 2.75) is 20.8 Å². The lowest BCUT2D eigenvalue weighted by molar-refractivity contribution is 0.231. The SMILES string of the molecule is C=C(/C=C(\C)OCC)NCC. The van der Waals surface area contributed by atoms with Crippen LogP contribution in [0.4, 0.5) is 0 Å². The van der Waals surface area contributed by atoms with Crippen molar-refractivity contribution in [3.05, 3.63) is 24.1 Å². The summed E-state index contributed by atoms with van der Waals surface area (Å²) in [6, 6.07) is 0. The lowest BCUT2D eigenvalue weighted by atomic mass is 10.4. The number of hydrogen-bond donors (Lipinski definition) is 1. The summed E-state index contributed by atoms with van der Waals surface area (Å²) >= 11 is 0. The van der Waals surface area contributed by atoms with Gasteiger partial charge < -0.3 is 10.1 Å². The predicted molar refractivity (Wildman–Crippen MR) is 48.2 cm³/mol. The topological polar surface area (TPSA) is 21.3 Å². The van der Waals surface area contributed by atoms with Gasteiger partial charge in [0.1, 0.15) is 0 Å². The molecule has 0 aromatic rings. The third-order valence-electron chi connectivity index (χ3n) is 1.15. The van der Waals surface area contributed by atoms with Gasteiger partial charge in [-0.1, -0.05) is 6.58 Å². The average Bonchev–Trinajstić information content (AvgIpc) is 1.87. The summed E-state index contributed by atoms with van der Waals surface area (Å²) in [7, 11) is 0. The van der Waals surface area contributed by atoms with E-state index in [0.29, 0.717) is 6.61 Å². The number of hydrogen-bond acceptors (Lipinski definition) is 2. The van der Waals surface area contributed by atoms with Crippen LogP contribution in [-0.2, 0) is 4.74 Å². The highest BCUT2D eigenvalue weighted by atomic mass is 16.5. The van der Waals surface area contributed by atoms with Crippen LogP contribution < -0.4 is 5.32 Å². The maximum Gasteiger partial charge on any atom is 0.0949 e. The largest absolute Gasteiger partial charge is 0.498 e. The highest BCUT2D eigenvalue weighted by Crippen LogP contribution is 1.98. The van der Waals surface area contributed by atoms with Crippen molar-refractivity contribution in [2.24, 2.45) is 0 Å². The van der Waals surface area contributed by atoms with E-state index >= 15 is 0 Å². The molecule has 0 aliphatic rings. The van der Waals surface area contributed by atoms with E-state index in [9.17, 15) is 0 Å². The second-order valence-electron chi connectivity index (χ2n) is 2.24. The van der Waals surface area contributed by atoms with Crippen molar-refractivity contribution in [1.29, 1.82) is 0 Å². The summed E-state index contributed by atoms with van der Waals surface area (Å²) in [6.45, 7) is 11.3. The fourth-order valence-corrected chi connectivity index (χ4v) is 0.793. The van der Waals surface area contributed by atoms with Crippen LogP contribution in [0.5, 0.6) is 0 Å². The van der Waals surface area contributed by atoms with Crippen LogP contribution in [0, 0.1) is 0 Å². The molecule has 64 valence electrons. The maximum absolute atomic E-state index is 5.22. The van der Waals surface area contributed by atoms with Crippen LogP contribution in [0.2, 0.25) is 0 Å². The Morgan fingerprint density at radius 2 is 2.18 bits per heavy atom. The monoisotopic (exact) mass is 155 g/mol. The van der Waals surface area contributed by atoms with E-state index in [2.05, 4.69) is 11.9 Å². The summed E-state index contributed by atoms with van der Waals surface area (Å²) in [6.07, 6.45) is 1.90. The Morgan fingerprint density at radius 1 is 1.55 bits per heavy atom. The first-order chi connectivity index (χ1) is 5.20. The Kier molecular flexibility index (Phi) is 5.35. The minimum absolute atomic E-state index is 0.710. The quantitative estimate of drug-likeness (QED) is 0.484. The van der Waals surface area contributed by atoms with E-state index < -0.39 is 0 Å². The molecule has 0 spiro atoms. The standard InChI is InChI=1S/C9H17NO/c1-5-10-8(3)7-9(4)11-6-2/h7,10H,3,5-6H2,1-2,4H3/b9-7+. The van der Waals surface area contributed by atoms with Crippen LogP contribution in [0.3, 0.4) is 0 Å². The van der Waals surface area contributed by atoms with Crippen LogP contribution in [0.15, 0.2) is 24.1 Å². The van der Waals surface area contributed by atoms with E-state index in [0.717, 1.165) is 18.0 Å². The molecule has 0 heterocycles. The molecule has 0 radical (unpaired) electrons. The second-order valence-corrected chi connectivity index (χ2v) is 2.24. The number of rotatable bonds is 5. The Bertz CT molecular complexity index is 150. The molecule has 0 bridgehead atoms. The van der Waals surface area contributed by atoms with Crippen LogP contribution in [-0.4, -0.2) is 13.2 Å². The van der Waals surface area contributed by atoms with Gasteiger partial charge >= 0.3 is 0 Å². The van der Waals surface area contributed by atoms with E-state index in [1.807, 2.05) is 26.8 Å². The zero-order chi connectivity index (χ0) is 8.69. The van der Waals surface area contributed by atoms with Crippen LogP contribution in [0.1, 0.15) is 20.8 Å². The second kappa shape index (κ2) is 5.83. The van der Waals surface area contributed by atoms with Crippen molar-refractivity contribution in [1.82, 2.24) is 5.32 Å². The molecular formula is C9H17NO. The first-order valence-corrected chi connectivity index (χ1v) is 3.94. The summed E-state index contributed by atoms with van der Waals surface area (Å²) in [5.41, 5.74) is 0.901. The van der Waals surface area contributed by atoms with E-state index in [4.69, 9.17) is 4.74 Å². The molecule has 0 fully saturated rings. The molecule has 0 aromatic heterocycles. The van der Waals surface area contributed by atoms with Crippen molar-refractivity contribution < 1.29 is 4.74 Å². The van der Waals surface area contributed by atoms with Gasteiger partial charge in [0, 0.05) is 12.2 Å². The molecule has 0 rings (SSSR count). The fraction of sp³-hybridized carbons (Fsp3) is 0.556. The normalized spacial score (nSPS) is 11.0. The molecule has 0 saturated carbocycles.